The second-order valence-electron chi connectivity index (χ2n) is 2.75. The van der Waals surface area contributed by atoms with Crippen molar-refractivity contribution in [3.8, 4) is 5.75 Å². The lowest BCUT2D eigenvalue weighted by atomic mass is 10.3. The van der Waals surface area contributed by atoms with Crippen molar-refractivity contribution in [3.63, 3.8) is 0 Å². The average Bonchev–Trinajstić information content (AvgIpc) is 2.16. The van der Waals surface area contributed by atoms with Crippen LogP contribution in [0, 0.1) is 0 Å². The zero-order valence-electron chi connectivity index (χ0n) is 7.60. The minimum absolute atomic E-state index is 0.0181. The highest BCUT2D eigenvalue weighted by molar-refractivity contribution is 5.80. The van der Waals surface area contributed by atoms with Gasteiger partial charge in [0.2, 0.25) is 5.91 Å². The molecule has 0 atom stereocenters. The van der Waals surface area contributed by atoms with Crippen LogP contribution in [0.1, 0.15) is 12.8 Å². The average molecular weight is 193 g/mol. The molecule has 0 radical (unpaired) electrons. The van der Waals surface area contributed by atoms with Gasteiger partial charge in [-0.05, 0) is 12.1 Å². The zero-order chi connectivity index (χ0) is 10.4. The quantitative estimate of drug-likeness (QED) is 0.569. The molecule has 0 spiro atoms. The molecular formula is C10H11NO3. The molecule has 0 saturated heterocycles. The summed E-state index contributed by atoms with van der Waals surface area (Å²) in [6.07, 6.45) is 0.0376. The summed E-state index contributed by atoms with van der Waals surface area (Å²) in [5, 5.41) is 0. The Morgan fingerprint density at radius 3 is 2.36 bits per heavy atom. The van der Waals surface area contributed by atoms with Gasteiger partial charge >= 0.3 is 5.97 Å². The van der Waals surface area contributed by atoms with E-state index in [4.69, 9.17) is 10.5 Å². The summed E-state index contributed by atoms with van der Waals surface area (Å²) in [5.41, 5.74) is 4.89. The number of nitrogens with two attached hydrogens (primary N) is 1. The topological polar surface area (TPSA) is 69.4 Å². The maximum atomic E-state index is 11.1. The standard InChI is InChI=1S/C10H11NO3/c11-9(12)6-7-10(13)14-8-4-2-1-3-5-8/h1-5H,6-7H2,(H2,11,12). The second-order valence-corrected chi connectivity index (χ2v) is 2.75. The molecule has 0 aliphatic carbocycles. The van der Waals surface area contributed by atoms with Gasteiger partial charge in [0.05, 0.1) is 6.42 Å². The van der Waals surface area contributed by atoms with Gasteiger partial charge in [-0.2, -0.15) is 0 Å². The van der Waals surface area contributed by atoms with Crippen molar-refractivity contribution in [2.75, 3.05) is 0 Å². The molecule has 4 nitrogen and oxygen atoms in total. The Morgan fingerprint density at radius 1 is 1.14 bits per heavy atom. The van der Waals surface area contributed by atoms with Crippen LogP contribution in [-0.2, 0) is 9.59 Å². The minimum Gasteiger partial charge on any atom is -0.427 e. The first-order chi connectivity index (χ1) is 6.68. The van der Waals surface area contributed by atoms with Gasteiger partial charge in [-0.15, -0.1) is 0 Å². The summed E-state index contributed by atoms with van der Waals surface area (Å²) in [6.45, 7) is 0. The van der Waals surface area contributed by atoms with Crippen molar-refractivity contribution in [2.24, 2.45) is 5.73 Å². The summed E-state index contributed by atoms with van der Waals surface area (Å²) in [4.78, 5) is 21.5. The Kier molecular flexibility index (Phi) is 3.67. The number of hydrogen-bond donors (Lipinski definition) is 1. The minimum atomic E-state index is -0.505. The van der Waals surface area contributed by atoms with Gasteiger partial charge in [0, 0.05) is 6.42 Å². The number of primary amides is 1. The third-order valence-corrected chi connectivity index (χ3v) is 1.55. The molecule has 1 aromatic carbocycles. The highest BCUT2D eigenvalue weighted by atomic mass is 16.5. The van der Waals surface area contributed by atoms with Crippen molar-refractivity contribution in [2.45, 2.75) is 12.8 Å². The fourth-order valence-electron chi connectivity index (χ4n) is 0.896. The third-order valence-electron chi connectivity index (χ3n) is 1.55. The van der Waals surface area contributed by atoms with Gasteiger partial charge in [-0.1, -0.05) is 18.2 Å². The van der Waals surface area contributed by atoms with Crippen molar-refractivity contribution in [1.82, 2.24) is 0 Å². The normalized spacial score (nSPS) is 9.43. The number of para-hydroxylation sites is 1. The Balaban J connectivity index is 2.38. The molecule has 0 aromatic heterocycles. The Hall–Kier alpha value is -1.84. The summed E-state index contributed by atoms with van der Waals surface area (Å²) < 4.78 is 4.92. The maximum Gasteiger partial charge on any atom is 0.311 e. The lowest BCUT2D eigenvalue weighted by Gasteiger charge is -2.01. The molecule has 0 bridgehead atoms. The Morgan fingerprint density at radius 2 is 1.79 bits per heavy atom. The number of ether oxygens (including phenoxy) is 1. The molecule has 1 aromatic rings. The molecule has 14 heavy (non-hydrogen) atoms. The van der Waals surface area contributed by atoms with Gasteiger partial charge in [0.1, 0.15) is 5.75 Å². The molecule has 0 unspecified atom stereocenters. The van der Waals surface area contributed by atoms with Crippen molar-refractivity contribution >= 4 is 11.9 Å². The second kappa shape index (κ2) is 5.01. The van der Waals surface area contributed by atoms with E-state index in [-0.39, 0.29) is 12.8 Å². The third kappa shape index (κ3) is 3.71. The lowest BCUT2D eigenvalue weighted by Crippen LogP contribution is -2.15. The summed E-state index contributed by atoms with van der Waals surface area (Å²) in [7, 11) is 0. The van der Waals surface area contributed by atoms with Gasteiger partial charge in [0.25, 0.3) is 0 Å². The van der Waals surface area contributed by atoms with E-state index in [0.717, 1.165) is 0 Å². The number of amides is 1. The van der Waals surface area contributed by atoms with E-state index in [1.807, 2.05) is 6.07 Å². The molecule has 2 N–H and O–H groups in total. The van der Waals surface area contributed by atoms with Gasteiger partial charge in [0.15, 0.2) is 0 Å². The number of carbonyl (C=O) groups excluding carboxylic acids is 2. The molecule has 0 aliphatic rings. The first kappa shape index (κ1) is 10.2. The summed E-state index contributed by atoms with van der Waals surface area (Å²) >= 11 is 0. The van der Waals surface area contributed by atoms with E-state index in [2.05, 4.69) is 0 Å². The van der Waals surface area contributed by atoms with E-state index in [9.17, 15) is 9.59 Å². The number of rotatable bonds is 4. The largest absolute Gasteiger partial charge is 0.427 e. The van der Waals surface area contributed by atoms with Gasteiger partial charge in [-0.3, -0.25) is 9.59 Å². The predicted octanol–water partition coefficient (Wildman–Crippen LogP) is 0.857. The zero-order valence-corrected chi connectivity index (χ0v) is 7.60. The molecule has 74 valence electrons. The summed E-state index contributed by atoms with van der Waals surface area (Å²) in [6, 6.07) is 8.68. The monoisotopic (exact) mass is 193 g/mol. The number of carbonyl (C=O) groups is 2. The lowest BCUT2D eigenvalue weighted by molar-refractivity contribution is -0.136. The van der Waals surface area contributed by atoms with E-state index in [1.165, 1.54) is 0 Å². The van der Waals surface area contributed by atoms with Crippen LogP contribution < -0.4 is 10.5 Å². The fourth-order valence-corrected chi connectivity index (χ4v) is 0.896. The fraction of sp³-hybridized carbons (Fsp3) is 0.200. The Labute approximate surface area is 81.7 Å². The molecule has 1 amide bonds. The van der Waals surface area contributed by atoms with Crippen LogP contribution in [0.4, 0.5) is 0 Å². The predicted molar refractivity (Wildman–Crippen MR) is 50.5 cm³/mol. The highest BCUT2D eigenvalue weighted by Gasteiger charge is 2.05. The van der Waals surface area contributed by atoms with E-state index in [0.29, 0.717) is 5.75 Å². The van der Waals surface area contributed by atoms with Crippen LogP contribution >= 0.6 is 0 Å². The Bertz CT molecular complexity index is 321. The molecule has 1 rings (SSSR count). The highest BCUT2D eigenvalue weighted by Crippen LogP contribution is 2.09. The van der Waals surface area contributed by atoms with Crippen LogP contribution in [0.3, 0.4) is 0 Å². The molecular weight excluding hydrogens is 182 g/mol. The van der Waals surface area contributed by atoms with Gasteiger partial charge < -0.3 is 10.5 Å². The van der Waals surface area contributed by atoms with Crippen molar-refractivity contribution in [1.29, 1.82) is 0 Å². The molecule has 0 saturated carbocycles. The van der Waals surface area contributed by atoms with Crippen molar-refractivity contribution in [3.05, 3.63) is 30.3 Å². The van der Waals surface area contributed by atoms with Crippen LogP contribution in [0.15, 0.2) is 30.3 Å². The first-order valence-corrected chi connectivity index (χ1v) is 4.22. The van der Waals surface area contributed by atoms with Gasteiger partial charge in [-0.25, -0.2) is 0 Å². The maximum absolute atomic E-state index is 11.1. The summed E-state index contributed by atoms with van der Waals surface area (Å²) in [5.74, 6) is -0.480. The van der Waals surface area contributed by atoms with Crippen LogP contribution in [0.25, 0.3) is 0 Å². The van der Waals surface area contributed by atoms with E-state index < -0.39 is 11.9 Å². The number of benzene rings is 1. The van der Waals surface area contributed by atoms with Crippen molar-refractivity contribution < 1.29 is 14.3 Å². The molecule has 0 fully saturated rings. The SMILES string of the molecule is NC(=O)CCC(=O)Oc1ccccc1. The van der Waals surface area contributed by atoms with Crippen LogP contribution in [0.2, 0.25) is 0 Å². The smallest absolute Gasteiger partial charge is 0.311 e. The number of hydrogen-bond acceptors (Lipinski definition) is 3. The molecule has 0 heterocycles. The first-order valence-electron chi connectivity index (χ1n) is 4.22. The van der Waals surface area contributed by atoms with E-state index in [1.54, 1.807) is 24.3 Å². The van der Waals surface area contributed by atoms with E-state index >= 15 is 0 Å². The van der Waals surface area contributed by atoms with Crippen LogP contribution in [-0.4, -0.2) is 11.9 Å². The molecule has 4 heteroatoms. The van der Waals surface area contributed by atoms with Crippen LogP contribution in [0.5, 0.6) is 5.75 Å². The molecule has 0 aliphatic heterocycles. The number of esters is 1.